The predicted octanol–water partition coefficient (Wildman–Crippen LogP) is 7.56. The summed E-state index contributed by atoms with van der Waals surface area (Å²) in [5, 5.41) is 7.98. The van der Waals surface area contributed by atoms with E-state index in [1.54, 1.807) is 18.9 Å². The quantitative estimate of drug-likeness (QED) is 0.213. The fraction of sp³-hybridized carbons (Fsp3) is 0.312. The van der Waals surface area contributed by atoms with Gasteiger partial charge in [0.2, 0.25) is 0 Å². The third-order valence-electron chi connectivity index (χ3n) is 7.21. The van der Waals surface area contributed by atoms with Crippen molar-refractivity contribution in [3.8, 4) is 28.6 Å². The van der Waals surface area contributed by atoms with Gasteiger partial charge in [0, 0.05) is 29.6 Å². The first-order valence-electron chi connectivity index (χ1n) is 14.3. The molecule has 3 aromatic carbocycles. The van der Waals surface area contributed by atoms with Gasteiger partial charge in [0.15, 0.2) is 11.0 Å². The molecule has 1 unspecified atom stereocenters. The first-order valence-corrected chi connectivity index (χ1v) is 15.3. The Balaban J connectivity index is 1.23. The number of aromatic nitrogens is 3. The molecule has 0 saturated carbocycles. The number of ether oxygens (including phenoxy) is 2. The topological polar surface area (TPSA) is 93.9 Å². The number of rotatable bonds is 8. The number of methoxy groups -OCH3 is 1. The zero-order chi connectivity index (χ0) is 32.1. The van der Waals surface area contributed by atoms with Crippen molar-refractivity contribution in [2.75, 3.05) is 17.8 Å². The van der Waals surface area contributed by atoms with Gasteiger partial charge in [-0.3, -0.25) is 0 Å². The summed E-state index contributed by atoms with van der Waals surface area (Å²) in [5.74, 6) is 2.04. The van der Waals surface area contributed by atoms with E-state index in [1.165, 1.54) is 35.3 Å². The summed E-state index contributed by atoms with van der Waals surface area (Å²) >= 11 is 1.57. The lowest BCUT2D eigenvalue weighted by Gasteiger charge is -2.37. The molecule has 0 radical (unpaired) electrons. The van der Waals surface area contributed by atoms with Crippen LogP contribution in [0.25, 0.3) is 17.1 Å². The molecule has 2 heterocycles. The number of amides is 2. The number of urea groups is 1. The van der Waals surface area contributed by atoms with Gasteiger partial charge in [0.25, 0.3) is 0 Å². The molecule has 1 aromatic heterocycles. The van der Waals surface area contributed by atoms with Crippen LogP contribution in [-0.2, 0) is 6.54 Å². The van der Waals surface area contributed by atoms with Crippen LogP contribution in [0.4, 0.5) is 23.7 Å². The van der Waals surface area contributed by atoms with E-state index >= 15 is 0 Å². The van der Waals surface area contributed by atoms with E-state index < -0.39 is 12.4 Å². The molecule has 13 heteroatoms. The number of nitrogens with one attached hydrogen (secondary N) is 1. The van der Waals surface area contributed by atoms with Crippen LogP contribution < -0.4 is 19.7 Å². The number of carbonyl (C=O) groups is 1. The second kappa shape index (κ2) is 13.6. The van der Waals surface area contributed by atoms with Gasteiger partial charge in [-0.2, -0.15) is 4.99 Å². The highest BCUT2D eigenvalue weighted by molar-refractivity contribution is 8.14. The number of carbonyl (C=O) groups excluding carboxylic acids is 1. The van der Waals surface area contributed by atoms with Crippen LogP contribution in [0.2, 0.25) is 0 Å². The van der Waals surface area contributed by atoms with E-state index in [0.29, 0.717) is 16.7 Å². The van der Waals surface area contributed by atoms with Crippen LogP contribution in [0.3, 0.4) is 0 Å². The standard InChI is InChI=1S/C32H33F3N6O3S/c1-20(2)27-17-26(43-4)13-14-28(27)41-21(3)15-16-45-31(41)38-30(42)36-18-22-5-7-23(8-6-22)29-37-19-40(39-29)24-9-11-25(12-10-24)44-32(33,34)35/h5-14,17,19-21H,15-16,18H2,1-4H3,(H,36,42)/b38-31-. The smallest absolute Gasteiger partial charge is 0.497 e. The van der Waals surface area contributed by atoms with Crippen LogP contribution in [0.1, 0.15) is 44.2 Å². The Bertz CT molecular complexity index is 1660. The van der Waals surface area contributed by atoms with Crippen molar-refractivity contribution in [2.45, 2.75) is 52.1 Å². The number of nitrogens with zero attached hydrogens (tertiary/aromatic N) is 5. The molecule has 1 aliphatic heterocycles. The average Bonchev–Trinajstić information content (AvgIpc) is 3.50. The highest BCUT2D eigenvalue weighted by atomic mass is 32.2. The molecule has 0 aliphatic carbocycles. The summed E-state index contributed by atoms with van der Waals surface area (Å²) < 4.78 is 48.1. The Morgan fingerprint density at radius 2 is 1.80 bits per heavy atom. The van der Waals surface area contributed by atoms with Crippen molar-refractivity contribution in [3.05, 3.63) is 84.2 Å². The van der Waals surface area contributed by atoms with E-state index in [1.807, 2.05) is 42.5 Å². The minimum absolute atomic E-state index is 0.177. The molecule has 0 bridgehead atoms. The molecule has 45 heavy (non-hydrogen) atoms. The Morgan fingerprint density at radius 3 is 2.47 bits per heavy atom. The van der Waals surface area contributed by atoms with Crippen molar-refractivity contribution in [1.82, 2.24) is 20.1 Å². The third-order valence-corrected chi connectivity index (χ3v) is 8.20. The van der Waals surface area contributed by atoms with Gasteiger partial charge in [-0.25, -0.2) is 14.5 Å². The fourth-order valence-electron chi connectivity index (χ4n) is 4.87. The zero-order valence-corrected chi connectivity index (χ0v) is 26.0. The minimum atomic E-state index is -4.76. The summed E-state index contributed by atoms with van der Waals surface area (Å²) in [5.41, 5.74) is 4.29. The average molecular weight is 639 g/mol. The fourth-order valence-corrected chi connectivity index (χ4v) is 6.08. The predicted molar refractivity (Wildman–Crippen MR) is 169 cm³/mol. The number of alkyl halides is 3. The molecule has 1 saturated heterocycles. The highest BCUT2D eigenvalue weighted by Gasteiger charge is 2.31. The number of amidine groups is 1. The molecule has 1 atom stereocenters. The highest BCUT2D eigenvalue weighted by Crippen LogP contribution is 2.37. The van der Waals surface area contributed by atoms with Crippen molar-refractivity contribution >= 4 is 28.6 Å². The van der Waals surface area contributed by atoms with Gasteiger partial charge >= 0.3 is 12.4 Å². The number of hydrogen-bond donors (Lipinski definition) is 1. The maximum Gasteiger partial charge on any atom is 0.573 e. The second-order valence-electron chi connectivity index (χ2n) is 10.7. The number of benzene rings is 3. The van der Waals surface area contributed by atoms with Crippen LogP contribution in [0.5, 0.6) is 11.5 Å². The summed E-state index contributed by atoms with van der Waals surface area (Å²) in [7, 11) is 1.65. The minimum Gasteiger partial charge on any atom is -0.497 e. The molecular formula is C32H33F3N6O3S. The Morgan fingerprint density at radius 1 is 1.09 bits per heavy atom. The van der Waals surface area contributed by atoms with E-state index in [0.717, 1.165) is 40.3 Å². The van der Waals surface area contributed by atoms with Crippen LogP contribution in [0.15, 0.2) is 78.0 Å². The zero-order valence-electron chi connectivity index (χ0n) is 25.2. The van der Waals surface area contributed by atoms with Crippen molar-refractivity contribution in [1.29, 1.82) is 0 Å². The third kappa shape index (κ3) is 7.96. The van der Waals surface area contributed by atoms with Crippen LogP contribution in [0, 0.1) is 0 Å². The van der Waals surface area contributed by atoms with E-state index in [4.69, 9.17) is 4.74 Å². The molecule has 5 rings (SSSR count). The van der Waals surface area contributed by atoms with Gasteiger partial charge in [-0.15, -0.1) is 18.3 Å². The first-order chi connectivity index (χ1) is 21.5. The van der Waals surface area contributed by atoms with Gasteiger partial charge < -0.3 is 19.7 Å². The lowest BCUT2D eigenvalue weighted by molar-refractivity contribution is -0.274. The summed E-state index contributed by atoms with van der Waals surface area (Å²) in [6.45, 7) is 6.69. The SMILES string of the molecule is COc1ccc(N2/C(=N/C(=O)NCc3ccc(-c4ncn(-c5ccc(OC(F)(F)F)cc5)n4)cc3)SCCC2C)c(C(C)C)c1. The number of halogens is 3. The van der Waals surface area contributed by atoms with Crippen molar-refractivity contribution < 1.29 is 27.4 Å². The van der Waals surface area contributed by atoms with E-state index in [9.17, 15) is 18.0 Å². The van der Waals surface area contributed by atoms with Crippen LogP contribution in [-0.4, -0.2) is 51.2 Å². The number of thioether (sulfide) groups is 1. The maximum absolute atomic E-state index is 13.0. The van der Waals surface area contributed by atoms with Crippen molar-refractivity contribution in [2.24, 2.45) is 4.99 Å². The van der Waals surface area contributed by atoms with Gasteiger partial charge in [-0.1, -0.05) is 49.9 Å². The lowest BCUT2D eigenvalue weighted by Crippen LogP contribution is -2.42. The lowest BCUT2D eigenvalue weighted by atomic mass is 9.99. The summed E-state index contributed by atoms with van der Waals surface area (Å²) in [6.07, 6.45) is -2.31. The van der Waals surface area contributed by atoms with Gasteiger partial charge in [0.05, 0.1) is 12.8 Å². The van der Waals surface area contributed by atoms with Crippen molar-refractivity contribution in [3.63, 3.8) is 0 Å². The second-order valence-corrected chi connectivity index (χ2v) is 11.8. The molecule has 9 nitrogen and oxygen atoms in total. The summed E-state index contributed by atoms with van der Waals surface area (Å²) in [6, 6.07) is 18.5. The first kappa shape index (κ1) is 31.9. The molecule has 1 N–H and O–H groups in total. The largest absolute Gasteiger partial charge is 0.573 e. The number of hydrogen-bond acceptors (Lipinski definition) is 6. The monoisotopic (exact) mass is 638 g/mol. The normalized spacial score (nSPS) is 16.2. The molecule has 4 aromatic rings. The number of aliphatic imine (C=N–C) groups is 1. The molecule has 1 aliphatic rings. The molecule has 1 fully saturated rings. The summed E-state index contributed by atoms with van der Waals surface area (Å²) in [4.78, 5) is 23.9. The maximum atomic E-state index is 13.0. The molecular weight excluding hydrogens is 605 g/mol. The molecule has 236 valence electrons. The molecule has 0 spiro atoms. The van der Waals surface area contributed by atoms with E-state index in [2.05, 4.69) is 50.8 Å². The van der Waals surface area contributed by atoms with Gasteiger partial charge in [0.1, 0.15) is 17.8 Å². The Labute approximate surface area is 263 Å². The Kier molecular flexibility index (Phi) is 9.66. The van der Waals surface area contributed by atoms with Gasteiger partial charge in [-0.05, 0) is 72.9 Å². The number of anilines is 1. The van der Waals surface area contributed by atoms with E-state index in [-0.39, 0.29) is 24.3 Å². The Hall–Kier alpha value is -4.52. The van der Waals surface area contributed by atoms with Crippen LogP contribution >= 0.6 is 11.8 Å². The molecule has 2 amide bonds.